The van der Waals surface area contributed by atoms with E-state index >= 15 is 0 Å². The molecule has 3 saturated heterocycles. The van der Waals surface area contributed by atoms with Gasteiger partial charge in [0, 0.05) is 70.9 Å². The number of benzene rings is 2. The van der Waals surface area contributed by atoms with E-state index < -0.39 is 29.1 Å². The predicted octanol–water partition coefficient (Wildman–Crippen LogP) is 4.67. The highest BCUT2D eigenvalue weighted by atomic mass is 32.2. The highest BCUT2D eigenvalue weighted by Crippen LogP contribution is 2.49. The third-order valence-electron chi connectivity index (χ3n) is 8.42. The fourth-order valence-electron chi connectivity index (χ4n) is 6.65. The topological polar surface area (TPSA) is 59.4 Å². The Balaban J connectivity index is 1.40. The second-order valence-corrected chi connectivity index (χ2v) is 12.0. The van der Waals surface area contributed by atoms with Gasteiger partial charge >= 0.3 is 11.9 Å². The van der Waals surface area contributed by atoms with Gasteiger partial charge in [-0.2, -0.15) is 18.2 Å². The maximum Gasteiger partial charge on any atom is 0.417 e. The number of fused-ring (bicyclic) bond motifs is 2. The van der Waals surface area contributed by atoms with Crippen LogP contribution in [0.2, 0.25) is 0 Å². The minimum absolute atomic E-state index is 0.124. The van der Waals surface area contributed by atoms with Crippen LogP contribution in [0.25, 0.3) is 22.0 Å². The Morgan fingerprint density at radius 2 is 1.79 bits per heavy atom. The van der Waals surface area contributed by atoms with Crippen LogP contribution in [0.4, 0.5) is 27.8 Å². The van der Waals surface area contributed by atoms with E-state index in [9.17, 15) is 26.7 Å². The number of hydrogen-bond donors (Lipinski definition) is 1. The molecule has 2 unspecified atom stereocenters. The Morgan fingerprint density at radius 3 is 2.44 bits per heavy atom. The first-order valence-electron chi connectivity index (χ1n) is 13.0. The lowest BCUT2D eigenvalue weighted by Crippen LogP contribution is -2.62. The summed E-state index contributed by atoms with van der Waals surface area (Å²) in [7, 11) is 0. The van der Waals surface area contributed by atoms with Crippen LogP contribution in [0.5, 0.6) is 0 Å². The summed E-state index contributed by atoms with van der Waals surface area (Å²) in [6.07, 6.45) is -2.97. The molecule has 1 aromatic heterocycles. The van der Waals surface area contributed by atoms with Crippen molar-refractivity contribution in [1.82, 2.24) is 14.9 Å². The van der Waals surface area contributed by atoms with Crippen LogP contribution in [0.1, 0.15) is 18.4 Å². The smallest absolute Gasteiger partial charge is 0.381 e. The van der Waals surface area contributed by atoms with Crippen LogP contribution < -0.4 is 15.9 Å². The molecular weight excluding hydrogens is 539 g/mol. The van der Waals surface area contributed by atoms with Gasteiger partial charge in [-0.3, -0.25) is 4.57 Å². The van der Waals surface area contributed by atoms with E-state index in [4.69, 9.17) is 4.74 Å². The molecule has 0 amide bonds. The number of ether oxygens (including phenoxy) is 1. The molecule has 7 rings (SSSR count). The van der Waals surface area contributed by atoms with Gasteiger partial charge in [-0.15, -0.1) is 11.8 Å². The van der Waals surface area contributed by atoms with E-state index in [1.807, 2.05) is 4.90 Å². The molecule has 2 aromatic carbocycles. The average Bonchev–Trinajstić information content (AvgIpc) is 2.84. The molecule has 0 saturated carbocycles. The monoisotopic (exact) mass is 564 g/mol. The minimum atomic E-state index is -4.82. The van der Waals surface area contributed by atoms with Crippen molar-refractivity contribution in [3.8, 4) is 11.1 Å². The van der Waals surface area contributed by atoms with E-state index in [1.54, 1.807) is 0 Å². The van der Waals surface area contributed by atoms with Crippen molar-refractivity contribution in [3.05, 3.63) is 51.9 Å². The maximum atomic E-state index is 14.9. The Bertz CT molecular complexity index is 1530. The van der Waals surface area contributed by atoms with Gasteiger partial charge in [-0.25, -0.2) is 13.6 Å². The normalized spacial score (nSPS) is 25.2. The van der Waals surface area contributed by atoms with E-state index in [-0.39, 0.29) is 45.9 Å². The maximum absolute atomic E-state index is 14.9. The molecule has 5 heterocycles. The number of piperazine rings is 1. The van der Waals surface area contributed by atoms with Crippen LogP contribution in [0.15, 0.2) is 34.0 Å². The van der Waals surface area contributed by atoms with Crippen molar-refractivity contribution in [2.24, 2.45) is 11.8 Å². The average molecular weight is 565 g/mol. The van der Waals surface area contributed by atoms with Gasteiger partial charge in [0.15, 0.2) is 0 Å². The molecule has 0 radical (unpaired) electrons. The zero-order valence-electron chi connectivity index (χ0n) is 20.7. The van der Waals surface area contributed by atoms with Crippen molar-refractivity contribution in [2.45, 2.75) is 42.5 Å². The molecule has 39 heavy (non-hydrogen) atoms. The molecule has 206 valence electrons. The van der Waals surface area contributed by atoms with E-state index in [0.717, 1.165) is 56.0 Å². The van der Waals surface area contributed by atoms with Gasteiger partial charge < -0.3 is 15.0 Å². The molecule has 1 N–H and O–H groups in total. The van der Waals surface area contributed by atoms with E-state index in [2.05, 4.69) is 10.3 Å². The van der Waals surface area contributed by atoms with Crippen molar-refractivity contribution in [2.75, 3.05) is 37.0 Å². The molecule has 2 bridgehead atoms. The number of anilines is 1. The molecule has 6 nitrogen and oxygen atoms in total. The summed E-state index contributed by atoms with van der Waals surface area (Å²) in [6, 6.07) is 3.79. The zero-order chi connectivity index (χ0) is 27.1. The lowest BCUT2D eigenvalue weighted by molar-refractivity contribution is -0.137. The largest absolute Gasteiger partial charge is 0.417 e. The third kappa shape index (κ3) is 4.22. The number of aromatic nitrogens is 2. The fourth-order valence-corrected chi connectivity index (χ4v) is 7.85. The zero-order valence-corrected chi connectivity index (χ0v) is 21.5. The van der Waals surface area contributed by atoms with Gasteiger partial charge in [0.25, 0.3) is 0 Å². The molecule has 0 aliphatic carbocycles. The number of piperidine rings is 1. The number of aryl methyl sites for hydroxylation is 1. The molecule has 12 heteroatoms. The first kappa shape index (κ1) is 25.3. The first-order valence-corrected chi connectivity index (χ1v) is 14.0. The molecule has 3 aromatic rings. The van der Waals surface area contributed by atoms with Crippen molar-refractivity contribution >= 4 is 28.5 Å². The predicted molar refractivity (Wildman–Crippen MR) is 137 cm³/mol. The first-order chi connectivity index (χ1) is 18.7. The van der Waals surface area contributed by atoms with Gasteiger partial charge in [0.05, 0.1) is 24.3 Å². The van der Waals surface area contributed by atoms with Crippen LogP contribution in [0, 0.1) is 23.5 Å². The van der Waals surface area contributed by atoms with Gasteiger partial charge in [0.1, 0.15) is 17.5 Å². The summed E-state index contributed by atoms with van der Waals surface area (Å²) in [6.45, 7) is 2.86. The van der Waals surface area contributed by atoms with Crippen molar-refractivity contribution in [1.29, 1.82) is 0 Å². The third-order valence-corrected chi connectivity index (χ3v) is 9.50. The van der Waals surface area contributed by atoms with E-state index in [1.165, 1.54) is 4.57 Å². The lowest BCUT2D eigenvalue weighted by atomic mass is 9.76. The summed E-state index contributed by atoms with van der Waals surface area (Å²) in [5, 5.41) is 3.84. The summed E-state index contributed by atoms with van der Waals surface area (Å²) in [5.74, 6) is -0.339. The molecular formula is C27H25F5N4O2S. The Hall–Kier alpha value is -2.70. The number of alkyl halides is 3. The van der Waals surface area contributed by atoms with Crippen LogP contribution in [0.3, 0.4) is 0 Å². The number of nitrogens with zero attached hydrogens (tertiary/aromatic N) is 3. The van der Waals surface area contributed by atoms with Gasteiger partial charge in [-0.1, -0.05) is 0 Å². The lowest BCUT2D eigenvalue weighted by Gasteiger charge is -2.48. The Labute approximate surface area is 224 Å². The molecule has 4 aliphatic rings. The molecule has 0 spiro atoms. The standard InChI is InChI=1S/C27H25F5N4O2S/c28-15-1-2-18(21(29)7-15)22-20(27(30,31)32)8-19-23-24(22)39-4-3-36(23)26(37)34-25(19)35-9-16-5-13(14-11-38-12-14)6-17(10-35)33-16/h1-2,7-8,13-14,16-17,33H,3-6,9-12H2. The molecule has 4 aliphatic heterocycles. The summed E-state index contributed by atoms with van der Waals surface area (Å²) >= 11 is 1.15. The van der Waals surface area contributed by atoms with Crippen molar-refractivity contribution < 1.29 is 26.7 Å². The van der Waals surface area contributed by atoms with Crippen molar-refractivity contribution in [3.63, 3.8) is 0 Å². The summed E-state index contributed by atoms with van der Waals surface area (Å²) in [4.78, 5) is 19.6. The minimum Gasteiger partial charge on any atom is -0.381 e. The molecule has 2 atom stereocenters. The fraction of sp³-hybridized carbons (Fsp3) is 0.481. The highest BCUT2D eigenvalue weighted by Gasteiger charge is 2.42. The Kier molecular flexibility index (Phi) is 5.94. The number of thioether (sulfide) groups is 1. The SMILES string of the molecule is O=c1nc(N2CC3CC(C4COC4)CC(C2)N3)c2cc(C(F)(F)F)c(-c3ccc(F)cc3F)c3c2n1CCS3. The number of nitrogens with one attached hydrogen (secondary N) is 1. The number of hydrogen-bond acceptors (Lipinski definition) is 6. The summed E-state index contributed by atoms with van der Waals surface area (Å²) in [5.41, 5.74) is -1.97. The highest BCUT2D eigenvalue weighted by molar-refractivity contribution is 7.99. The second-order valence-electron chi connectivity index (χ2n) is 10.9. The van der Waals surface area contributed by atoms with Crippen LogP contribution in [-0.4, -0.2) is 53.7 Å². The van der Waals surface area contributed by atoms with Crippen LogP contribution >= 0.6 is 11.8 Å². The van der Waals surface area contributed by atoms with E-state index in [0.29, 0.717) is 42.3 Å². The van der Waals surface area contributed by atoms with Gasteiger partial charge in [0.2, 0.25) is 0 Å². The van der Waals surface area contributed by atoms with Crippen LogP contribution in [-0.2, 0) is 17.5 Å². The Morgan fingerprint density at radius 1 is 1.05 bits per heavy atom. The summed E-state index contributed by atoms with van der Waals surface area (Å²) < 4.78 is 79.1. The number of rotatable bonds is 3. The number of halogens is 5. The van der Waals surface area contributed by atoms with Gasteiger partial charge in [-0.05, 0) is 37.0 Å². The second kappa shape index (κ2) is 9.17. The molecule has 3 fully saturated rings. The quantitative estimate of drug-likeness (QED) is 0.467.